The molecule has 78 valence electrons. The molecule has 1 fully saturated rings. The molecule has 14 heavy (non-hydrogen) atoms. The fourth-order valence-corrected chi connectivity index (χ4v) is 1.71. The van der Waals surface area contributed by atoms with E-state index in [2.05, 4.69) is 15.3 Å². The van der Waals surface area contributed by atoms with Crippen LogP contribution < -0.4 is 5.32 Å². The molecule has 0 spiro atoms. The summed E-state index contributed by atoms with van der Waals surface area (Å²) in [7, 11) is 0. The molecule has 1 aliphatic rings. The Kier molecular flexibility index (Phi) is 3.54. The van der Waals surface area contributed by atoms with Crippen molar-refractivity contribution in [2.24, 2.45) is 0 Å². The normalized spacial score (nSPS) is 21.6. The first-order valence-corrected chi connectivity index (χ1v) is 5.25. The van der Waals surface area contributed by atoms with Crippen LogP contribution in [0, 0.1) is 0 Å². The molecule has 4 heteroatoms. The Hall–Kier alpha value is -0.870. The Morgan fingerprint density at radius 1 is 1.64 bits per heavy atom. The SMILES string of the molecule is c1ncc(CCNCC2CCCO2)[nH]1. The van der Waals surface area contributed by atoms with Gasteiger partial charge in [0.2, 0.25) is 0 Å². The topological polar surface area (TPSA) is 49.9 Å². The third kappa shape index (κ3) is 2.82. The van der Waals surface area contributed by atoms with E-state index < -0.39 is 0 Å². The van der Waals surface area contributed by atoms with E-state index in [1.165, 1.54) is 18.5 Å². The molecule has 1 unspecified atom stereocenters. The summed E-state index contributed by atoms with van der Waals surface area (Å²) in [6, 6.07) is 0. The monoisotopic (exact) mass is 195 g/mol. The molecule has 0 bridgehead atoms. The van der Waals surface area contributed by atoms with Crippen molar-refractivity contribution in [1.29, 1.82) is 0 Å². The van der Waals surface area contributed by atoms with Crippen molar-refractivity contribution in [2.45, 2.75) is 25.4 Å². The van der Waals surface area contributed by atoms with Crippen LogP contribution in [0.5, 0.6) is 0 Å². The molecule has 0 saturated carbocycles. The predicted octanol–water partition coefficient (Wildman–Crippen LogP) is 0.721. The lowest BCUT2D eigenvalue weighted by molar-refractivity contribution is 0.110. The van der Waals surface area contributed by atoms with Crippen LogP contribution in [0.2, 0.25) is 0 Å². The van der Waals surface area contributed by atoms with E-state index >= 15 is 0 Å². The van der Waals surface area contributed by atoms with E-state index in [0.717, 1.165) is 26.1 Å². The van der Waals surface area contributed by atoms with Crippen molar-refractivity contribution < 1.29 is 4.74 Å². The average Bonchev–Trinajstić information content (AvgIpc) is 2.86. The third-order valence-electron chi connectivity index (χ3n) is 2.52. The summed E-state index contributed by atoms with van der Waals surface area (Å²) in [6.07, 6.45) is 7.46. The molecule has 1 atom stereocenters. The molecule has 1 aromatic heterocycles. The Balaban J connectivity index is 1.55. The summed E-state index contributed by atoms with van der Waals surface area (Å²) in [4.78, 5) is 7.05. The summed E-state index contributed by atoms with van der Waals surface area (Å²) < 4.78 is 5.51. The third-order valence-corrected chi connectivity index (χ3v) is 2.52. The summed E-state index contributed by atoms with van der Waals surface area (Å²) in [5.74, 6) is 0. The summed E-state index contributed by atoms with van der Waals surface area (Å²) in [5, 5.41) is 3.39. The fraction of sp³-hybridized carbons (Fsp3) is 0.700. The molecule has 0 amide bonds. The maximum absolute atomic E-state index is 5.51. The second kappa shape index (κ2) is 5.12. The number of hydrogen-bond donors (Lipinski definition) is 2. The van der Waals surface area contributed by atoms with Gasteiger partial charge in [0, 0.05) is 38.0 Å². The molecule has 4 nitrogen and oxygen atoms in total. The van der Waals surface area contributed by atoms with Crippen LogP contribution in [0.4, 0.5) is 0 Å². The van der Waals surface area contributed by atoms with Crippen LogP contribution in [0.15, 0.2) is 12.5 Å². The molecule has 2 rings (SSSR count). The zero-order valence-corrected chi connectivity index (χ0v) is 8.33. The highest BCUT2D eigenvalue weighted by atomic mass is 16.5. The van der Waals surface area contributed by atoms with Gasteiger partial charge in [-0.3, -0.25) is 0 Å². The van der Waals surface area contributed by atoms with Gasteiger partial charge in [0.15, 0.2) is 0 Å². The Bertz CT molecular complexity index is 242. The molecule has 2 N–H and O–H groups in total. The molecule has 2 heterocycles. The maximum Gasteiger partial charge on any atom is 0.0921 e. The van der Waals surface area contributed by atoms with Crippen LogP contribution >= 0.6 is 0 Å². The van der Waals surface area contributed by atoms with Crippen LogP contribution in [-0.2, 0) is 11.2 Å². The van der Waals surface area contributed by atoms with Gasteiger partial charge in [-0.1, -0.05) is 0 Å². The minimum atomic E-state index is 0.441. The van der Waals surface area contributed by atoms with Crippen molar-refractivity contribution in [3.63, 3.8) is 0 Å². The minimum Gasteiger partial charge on any atom is -0.377 e. The highest BCUT2D eigenvalue weighted by Crippen LogP contribution is 2.10. The fourth-order valence-electron chi connectivity index (χ4n) is 1.71. The first kappa shape index (κ1) is 9.68. The summed E-state index contributed by atoms with van der Waals surface area (Å²) in [5.41, 5.74) is 1.19. The lowest BCUT2D eigenvalue weighted by Gasteiger charge is -2.09. The average molecular weight is 195 g/mol. The number of hydrogen-bond acceptors (Lipinski definition) is 3. The molecule has 1 aliphatic heterocycles. The molecular weight excluding hydrogens is 178 g/mol. The first-order chi connectivity index (χ1) is 6.95. The number of imidazole rings is 1. The quantitative estimate of drug-likeness (QED) is 0.681. The second-order valence-electron chi connectivity index (χ2n) is 3.67. The Morgan fingerprint density at radius 3 is 3.36 bits per heavy atom. The molecule has 1 saturated heterocycles. The van der Waals surface area contributed by atoms with Crippen molar-refractivity contribution >= 4 is 0 Å². The van der Waals surface area contributed by atoms with E-state index in [0.29, 0.717) is 6.10 Å². The number of ether oxygens (including phenoxy) is 1. The van der Waals surface area contributed by atoms with E-state index in [9.17, 15) is 0 Å². The number of nitrogens with zero attached hydrogens (tertiary/aromatic N) is 1. The number of aromatic amines is 1. The minimum absolute atomic E-state index is 0.441. The van der Waals surface area contributed by atoms with Gasteiger partial charge in [-0.2, -0.15) is 0 Å². The van der Waals surface area contributed by atoms with E-state index in [-0.39, 0.29) is 0 Å². The van der Waals surface area contributed by atoms with Gasteiger partial charge in [0.25, 0.3) is 0 Å². The van der Waals surface area contributed by atoms with Crippen LogP contribution in [0.1, 0.15) is 18.5 Å². The van der Waals surface area contributed by atoms with Gasteiger partial charge in [-0.25, -0.2) is 4.98 Å². The zero-order valence-electron chi connectivity index (χ0n) is 8.33. The molecule has 1 aromatic rings. The van der Waals surface area contributed by atoms with Gasteiger partial charge < -0.3 is 15.0 Å². The number of rotatable bonds is 5. The van der Waals surface area contributed by atoms with Gasteiger partial charge >= 0.3 is 0 Å². The Labute approximate surface area is 84.1 Å². The second-order valence-corrected chi connectivity index (χ2v) is 3.67. The maximum atomic E-state index is 5.51. The standard InChI is InChI=1S/C10H17N3O/c1-2-10(14-5-1)7-11-4-3-9-6-12-8-13-9/h6,8,10-11H,1-5,7H2,(H,12,13). The van der Waals surface area contributed by atoms with Gasteiger partial charge in [-0.15, -0.1) is 0 Å². The molecular formula is C10H17N3O. The van der Waals surface area contributed by atoms with E-state index in [1.54, 1.807) is 6.33 Å². The van der Waals surface area contributed by atoms with Gasteiger partial charge in [0.05, 0.1) is 12.4 Å². The molecule has 0 radical (unpaired) electrons. The van der Waals surface area contributed by atoms with Crippen LogP contribution in [0.3, 0.4) is 0 Å². The van der Waals surface area contributed by atoms with Crippen molar-refractivity contribution in [2.75, 3.05) is 19.7 Å². The number of aromatic nitrogens is 2. The van der Waals surface area contributed by atoms with Crippen LogP contribution in [0.25, 0.3) is 0 Å². The van der Waals surface area contributed by atoms with Crippen molar-refractivity contribution in [3.8, 4) is 0 Å². The lowest BCUT2D eigenvalue weighted by atomic mass is 10.2. The summed E-state index contributed by atoms with van der Waals surface area (Å²) in [6.45, 7) is 2.91. The molecule has 0 aromatic carbocycles. The Morgan fingerprint density at radius 2 is 2.64 bits per heavy atom. The highest BCUT2D eigenvalue weighted by molar-refractivity contribution is 4.94. The highest BCUT2D eigenvalue weighted by Gasteiger charge is 2.14. The van der Waals surface area contributed by atoms with Crippen LogP contribution in [-0.4, -0.2) is 35.8 Å². The van der Waals surface area contributed by atoms with Gasteiger partial charge in [-0.05, 0) is 12.8 Å². The first-order valence-electron chi connectivity index (χ1n) is 5.25. The summed E-state index contributed by atoms with van der Waals surface area (Å²) >= 11 is 0. The van der Waals surface area contributed by atoms with E-state index in [1.807, 2.05) is 6.20 Å². The smallest absolute Gasteiger partial charge is 0.0921 e. The van der Waals surface area contributed by atoms with Crippen molar-refractivity contribution in [1.82, 2.24) is 15.3 Å². The largest absolute Gasteiger partial charge is 0.377 e. The lowest BCUT2D eigenvalue weighted by Crippen LogP contribution is -2.27. The predicted molar refractivity (Wildman–Crippen MR) is 54.1 cm³/mol. The van der Waals surface area contributed by atoms with Crippen molar-refractivity contribution in [3.05, 3.63) is 18.2 Å². The number of H-pyrrole nitrogens is 1. The number of nitrogens with one attached hydrogen (secondary N) is 2. The molecule has 0 aliphatic carbocycles. The zero-order chi connectivity index (χ0) is 9.64. The van der Waals surface area contributed by atoms with E-state index in [4.69, 9.17) is 4.74 Å². The van der Waals surface area contributed by atoms with Gasteiger partial charge in [0.1, 0.15) is 0 Å².